The van der Waals surface area contributed by atoms with E-state index in [1.807, 2.05) is 4.90 Å². The number of piperidine rings is 1. The molecule has 114 valence electrons. The van der Waals surface area contributed by atoms with Crippen molar-refractivity contribution in [1.29, 1.82) is 0 Å². The minimum Gasteiger partial charge on any atom is -0.374 e. The lowest BCUT2D eigenvalue weighted by molar-refractivity contribution is -0.152. The number of fused-ring (bicyclic) bond motifs is 1. The van der Waals surface area contributed by atoms with Crippen LogP contribution >= 0.6 is 0 Å². The Morgan fingerprint density at radius 3 is 3.14 bits per heavy atom. The van der Waals surface area contributed by atoms with Crippen molar-refractivity contribution in [2.75, 3.05) is 33.3 Å². The lowest BCUT2D eigenvalue weighted by Gasteiger charge is -2.46. The first-order valence-electron chi connectivity index (χ1n) is 7.26. The summed E-state index contributed by atoms with van der Waals surface area (Å²) in [5.41, 5.74) is -0.392. The molecule has 1 aromatic rings. The summed E-state index contributed by atoms with van der Waals surface area (Å²) in [6, 6.07) is 1.74. The molecule has 0 aromatic carbocycles. The van der Waals surface area contributed by atoms with Crippen molar-refractivity contribution >= 4 is 5.91 Å². The molecule has 0 bridgehead atoms. The molecule has 2 aliphatic heterocycles. The topological polar surface area (TPSA) is 67.7 Å². The zero-order valence-corrected chi connectivity index (χ0v) is 12.1. The SMILES string of the molecule is CN1CC[C@H]2OCCN(C(=O)Cn3cccnc3=O)[C@@H]2C1. The van der Waals surface area contributed by atoms with E-state index < -0.39 is 5.69 Å². The Balaban J connectivity index is 1.74. The van der Waals surface area contributed by atoms with Gasteiger partial charge in [0.25, 0.3) is 0 Å². The van der Waals surface area contributed by atoms with E-state index in [0.717, 1.165) is 19.5 Å². The zero-order valence-electron chi connectivity index (χ0n) is 12.1. The highest BCUT2D eigenvalue weighted by Crippen LogP contribution is 2.22. The lowest BCUT2D eigenvalue weighted by atomic mass is 9.99. The van der Waals surface area contributed by atoms with Gasteiger partial charge in [-0.05, 0) is 19.5 Å². The van der Waals surface area contributed by atoms with Crippen molar-refractivity contribution in [2.45, 2.75) is 25.1 Å². The number of hydrogen-bond acceptors (Lipinski definition) is 5. The van der Waals surface area contributed by atoms with Crippen molar-refractivity contribution < 1.29 is 9.53 Å². The first-order chi connectivity index (χ1) is 10.1. The fraction of sp³-hybridized carbons (Fsp3) is 0.643. The highest BCUT2D eigenvalue weighted by Gasteiger charge is 2.38. The first-order valence-corrected chi connectivity index (χ1v) is 7.26. The second kappa shape index (κ2) is 5.95. The van der Waals surface area contributed by atoms with Gasteiger partial charge in [0.15, 0.2) is 0 Å². The van der Waals surface area contributed by atoms with Crippen molar-refractivity contribution in [3.63, 3.8) is 0 Å². The Hall–Kier alpha value is -1.73. The molecule has 2 fully saturated rings. The van der Waals surface area contributed by atoms with Gasteiger partial charge in [0.1, 0.15) is 6.54 Å². The Kier molecular flexibility index (Phi) is 4.03. The second-order valence-corrected chi connectivity index (χ2v) is 5.64. The molecule has 1 aromatic heterocycles. The summed E-state index contributed by atoms with van der Waals surface area (Å²) in [5, 5.41) is 0. The number of carbonyl (C=O) groups is 1. The maximum atomic E-state index is 12.5. The van der Waals surface area contributed by atoms with Crippen LogP contribution in [0.25, 0.3) is 0 Å². The third-order valence-electron chi connectivity index (χ3n) is 4.20. The molecule has 0 aliphatic carbocycles. The van der Waals surface area contributed by atoms with Gasteiger partial charge in [0.2, 0.25) is 5.91 Å². The van der Waals surface area contributed by atoms with Gasteiger partial charge >= 0.3 is 5.69 Å². The maximum Gasteiger partial charge on any atom is 0.347 e. The third-order valence-corrected chi connectivity index (χ3v) is 4.20. The zero-order chi connectivity index (χ0) is 14.8. The van der Waals surface area contributed by atoms with Crippen LogP contribution in [0.15, 0.2) is 23.3 Å². The van der Waals surface area contributed by atoms with E-state index >= 15 is 0 Å². The number of ether oxygens (including phenoxy) is 1. The van der Waals surface area contributed by atoms with Gasteiger partial charge in [-0.15, -0.1) is 0 Å². The summed E-state index contributed by atoms with van der Waals surface area (Å²) < 4.78 is 7.13. The van der Waals surface area contributed by atoms with Gasteiger partial charge in [-0.1, -0.05) is 0 Å². The summed E-state index contributed by atoms with van der Waals surface area (Å²) in [6.07, 6.45) is 4.09. The number of nitrogens with zero attached hydrogens (tertiary/aromatic N) is 4. The summed E-state index contributed by atoms with van der Waals surface area (Å²) in [4.78, 5) is 31.9. The first kappa shape index (κ1) is 14.2. The molecule has 21 heavy (non-hydrogen) atoms. The molecule has 0 saturated carbocycles. The summed E-state index contributed by atoms with van der Waals surface area (Å²) in [6.45, 7) is 3.00. The third kappa shape index (κ3) is 2.98. The highest BCUT2D eigenvalue weighted by molar-refractivity contribution is 5.76. The Morgan fingerprint density at radius 2 is 2.33 bits per heavy atom. The van der Waals surface area contributed by atoms with E-state index in [-0.39, 0.29) is 24.6 Å². The van der Waals surface area contributed by atoms with Crippen LogP contribution in [0.2, 0.25) is 0 Å². The molecule has 7 nitrogen and oxygen atoms in total. The molecular formula is C14H20N4O3. The highest BCUT2D eigenvalue weighted by atomic mass is 16.5. The molecule has 0 N–H and O–H groups in total. The van der Waals surface area contributed by atoms with Crippen molar-refractivity contribution in [3.8, 4) is 0 Å². The van der Waals surface area contributed by atoms with Gasteiger partial charge in [0, 0.05) is 32.0 Å². The van der Waals surface area contributed by atoms with Gasteiger partial charge in [0.05, 0.1) is 18.8 Å². The van der Waals surface area contributed by atoms with Crippen LogP contribution < -0.4 is 5.69 Å². The summed E-state index contributed by atoms with van der Waals surface area (Å²) in [7, 11) is 2.05. The van der Waals surface area contributed by atoms with E-state index in [4.69, 9.17) is 4.74 Å². The van der Waals surface area contributed by atoms with Gasteiger partial charge < -0.3 is 14.5 Å². The van der Waals surface area contributed by atoms with E-state index in [1.165, 1.54) is 10.8 Å². The van der Waals surface area contributed by atoms with E-state index in [0.29, 0.717) is 13.2 Å². The molecule has 2 atom stereocenters. The quantitative estimate of drug-likeness (QED) is 0.712. The monoisotopic (exact) mass is 292 g/mol. The van der Waals surface area contributed by atoms with Crippen LogP contribution in [0, 0.1) is 0 Å². The molecule has 2 aliphatic rings. The van der Waals surface area contributed by atoms with Crippen LogP contribution in [0.4, 0.5) is 0 Å². The Morgan fingerprint density at radius 1 is 1.48 bits per heavy atom. The average molecular weight is 292 g/mol. The Labute approximate surface area is 123 Å². The number of hydrogen-bond donors (Lipinski definition) is 0. The number of rotatable bonds is 2. The number of aromatic nitrogens is 2. The lowest BCUT2D eigenvalue weighted by Crippen LogP contribution is -2.61. The Bertz CT molecular complexity index is 573. The smallest absolute Gasteiger partial charge is 0.347 e. The van der Waals surface area contributed by atoms with Crippen LogP contribution in [0.5, 0.6) is 0 Å². The number of carbonyl (C=O) groups excluding carboxylic acids is 1. The molecule has 2 saturated heterocycles. The molecule has 0 unspecified atom stereocenters. The van der Waals surface area contributed by atoms with Crippen LogP contribution in [0.1, 0.15) is 6.42 Å². The van der Waals surface area contributed by atoms with Crippen LogP contribution in [-0.4, -0.2) is 70.7 Å². The van der Waals surface area contributed by atoms with Gasteiger partial charge in [-0.25, -0.2) is 9.78 Å². The number of likely N-dealkylation sites (N-methyl/N-ethyl adjacent to an activating group) is 1. The van der Waals surface area contributed by atoms with Gasteiger partial charge in [-0.2, -0.15) is 0 Å². The number of likely N-dealkylation sites (tertiary alicyclic amines) is 1. The predicted molar refractivity (Wildman–Crippen MR) is 75.9 cm³/mol. The minimum absolute atomic E-state index is 0.0413. The molecule has 7 heteroatoms. The maximum absolute atomic E-state index is 12.5. The molecular weight excluding hydrogens is 272 g/mol. The van der Waals surface area contributed by atoms with Crippen molar-refractivity contribution in [1.82, 2.24) is 19.4 Å². The molecule has 3 rings (SSSR count). The molecule has 3 heterocycles. The average Bonchev–Trinajstić information content (AvgIpc) is 2.49. The molecule has 0 spiro atoms. The van der Waals surface area contributed by atoms with Crippen molar-refractivity contribution in [3.05, 3.63) is 28.9 Å². The summed E-state index contributed by atoms with van der Waals surface area (Å²) in [5.74, 6) is -0.0429. The summed E-state index contributed by atoms with van der Waals surface area (Å²) >= 11 is 0. The number of amides is 1. The fourth-order valence-corrected chi connectivity index (χ4v) is 3.08. The molecule has 0 radical (unpaired) electrons. The standard InChI is InChI=1S/C14H20N4O3/c1-16-6-3-12-11(9-16)18(7-8-21-12)13(19)10-17-5-2-4-15-14(17)20/h2,4-5,11-12H,3,6-10H2,1H3/t11-,12-/m1/s1. The van der Waals surface area contributed by atoms with Crippen LogP contribution in [-0.2, 0) is 16.1 Å². The fourth-order valence-electron chi connectivity index (χ4n) is 3.08. The minimum atomic E-state index is -0.392. The van der Waals surface area contributed by atoms with E-state index in [9.17, 15) is 9.59 Å². The normalized spacial score (nSPS) is 26.4. The predicted octanol–water partition coefficient (Wildman–Crippen LogP) is -0.825. The molecule has 1 amide bonds. The van der Waals surface area contributed by atoms with E-state index in [2.05, 4.69) is 16.9 Å². The van der Waals surface area contributed by atoms with Crippen molar-refractivity contribution in [2.24, 2.45) is 0 Å². The largest absolute Gasteiger partial charge is 0.374 e. The van der Waals surface area contributed by atoms with Gasteiger partial charge in [-0.3, -0.25) is 9.36 Å². The van der Waals surface area contributed by atoms with Crippen LogP contribution in [0.3, 0.4) is 0 Å². The van der Waals surface area contributed by atoms with E-state index in [1.54, 1.807) is 12.3 Å². The number of morpholine rings is 1. The second-order valence-electron chi connectivity index (χ2n) is 5.64.